The number of phenols is 3. The van der Waals surface area contributed by atoms with E-state index in [2.05, 4.69) is 0 Å². The van der Waals surface area contributed by atoms with Gasteiger partial charge in [0, 0.05) is 24.0 Å². The number of aryl methyl sites for hydroxylation is 1. The van der Waals surface area contributed by atoms with Crippen LogP contribution in [0.25, 0.3) is 0 Å². The van der Waals surface area contributed by atoms with Gasteiger partial charge in [0.05, 0.1) is 7.11 Å². The fourth-order valence-corrected chi connectivity index (χ4v) is 4.18. The Bertz CT molecular complexity index is 1120. The van der Waals surface area contributed by atoms with E-state index in [0.29, 0.717) is 18.4 Å². The summed E-state index contributed by atoms with van der Waals surface area (Å²) < 4.78 is 11.4. The number of ether oxygens (including phenoxy) is 2. The Morgan fingerprint density at radius 1 is 1.03 bits per heavy atom. The van der Waals surface area contributed by atoms with Gasteiger partial charge >= 0.3 is 0 Å². The summed E-state index contributed by atoms with van der Waals surface area (Å²) in [6, 6.07) is 15.4. The van der Waals surface area contributed by atoms with Crippen LogP contribution in [0.3, 0.4) is 0 Å². The van der Waals surface area contributed by atoms with Gasteiger partial charge in [0.1, 0.15) is 40.4 Å². The average Bonchev–Trinajstić information content (AvgIpc) is 2.79. The summed E-state index contributed by atoms with van der Waals surface area (Å²) in [5, 5.41) is 30.5. The highest BCUT2D eigenvalue weighted by Crippen LogP contribution is 2.47. The van der Waals surface area contributed by atoms with Crippen LogP contribution in [0, 0.1) is 5.92 Å². The summed E-state index contributed by atoms with van der Waals surface area (Å²) in [6.07, 6.45) is 0.791. The Hall–Kier alpha value is -3.67. The van der Waals surface area contributed by atoms with Gasteiger partial charge in [-0.25, -0.2) is 0 Å². The van der Waals surface area contributed by atoms with Crippen molar-refractivity contribution in [3.63, 3.8) is 0 Å². The maximum atomic E-state index is 13.1. The number of hydrogen-bond acceptors (Lipinski definition) is 6. The smallest absolute Gasteiger partial charge is 0.170 e. The summed E-state index contributed by atoms with van der Waals surface area (Å²) in [5.74, 6) is 0.521. The molecule has 3 aromatic rings. The van der Waals surface area contributed by atoms with E-state index in [-0.39, 0.29) is 52.8 Å². The van der Waals surface area contributed by atoms with Crippen molar-refractivity contribution in [1.29, 1.82) is 0 Å². The fraction of sp³-hybridized carbons (Fsp3) is 0.269. The number of carbonyl (C=O) groups is 1. The van der Waals surface area contributed by atoms with Crippen LogP contribution in [-0.2, 0) is 12.8 Å². The van der Waals surface area contributed by atoms with Crippen molar-refractivity contribution in [2.75, 3.05) is 7.11 Å². The number of ketones is 1. The predicted octanol–water partition coefficient (Wildman–Crippen LogP) is 4.94. The second kappa shape index (κ2) is 8.83. The minimum atomic E-state index is -0.377. The van der Waals surface area contributed by atoms with Crippen molar-refractivity contribution < 1.29 is 29.6 Å². The van der Waals surface area contributed by atoms with Crippen LogP contribution >= 0.6 is 0 Å². The number of aromatic hydroxyl groups is 3. The standard InChI is InChI=1S/C26H26O6/c1-15-13-20-22(29)14-23(30)24(21(28)12-5-16-3-10-19(31-2)11-4-16)26(20)32-25(15)17-6-8-18(27)9-7-17/h3-4,6-11,14-15,25,27,29-30H,5,12-13H2,1-2H3/t15-,25-/m1/s1. The highest BCUT2D eigenvalue weighted by Gasteiger charge is 2.34. The molecule has 0 radical (unpaired) electrons. The molecular weight excluding hydrogens is 408 g/mol. The van der Waals surface area contributed by atoms with Crippen molar-refractivity contribution in [2.45, 2.75) is 32.3 Å². The van der Waals surface area contributed by atoms with Gasteiger partial charge in [-0.1, -0.05) is 31.2 Å². The third-order valence-corrected chi connectivity index (χ3v) is 5.93. The molecule has 1 aliphatic heterocycles. The quantitative estimate of drug-likeness (QED) is 0.476. The van der Waals surface area contributed by atoms with Crippen LogP contribution in [-0.4, -0.2) is 28.2 Å². The van der Waals surface area contributed by atoms with Crippen LogP contribution < -0.4 is 9.47 Å². The van der Waals surface area contributed by atoms with Gasteiger partial charge in [-0.05, 0) is 48.2 Å². The van der Waals surface area contributed by atoms with Gasteiger partial charge in [-0.3, -0.25) is 4.79 Å². The van der Waals surface area contributed by atoms with Crippen molar-refractivity contribution in [3.8, 4) is 28.7 Å². The third-order valence-electron chi connectivity index (χ3n) is 5.93. The molecule has 166 valence electrons. The summed E-state index contributed by atoms with van der Waals surface area (Å²) in [4.78, 5) is 13.1. The summed E-state index contributed by atoms with van der Waals surface area (Å²) >= 11 is 0. The largest absolute Gasteiger partial charge is 0.508 e. The number of methoxy groups -OCH3 is 1. The van der Waals surface area contributed by atoms with Crippen LogP contribution in [0.1, 0.15) is 46.5 Å². The summed E-state index contributed by atoms with van der Waals surface area (Å²) in [7, 11) is 1.60. The minimum absolute atomic E-state index is 0.0183. The molecule has 6 heteroatoms. The molecule has 0 aliphatic carbocycles. The first kappa shape index (κ1) is 21.6. The number of Topliss-reactive ketones (excluding diaryl/α,β-unsaturated/α-hetero) is 1. The second-order valence-corrected chi connectivity index (χ2v) is 8.18. The molecule has 6 nitrogen and oxygen atoms in total. The van der Waals surface area contributed by atoms with Gasteiger partial charge in [-0.15, -0.1) is 0 Å². The molecule has 32 heavy (non-hydrogen) atoms. The Balaban J connectivity index is 1.62. The number of phenolic OH excluding ortho intramolecular Hbond substituents is 3. The van der Waals surface area contributed by atoms with Gasteiger partial charge in [0.15, 0.2) is 5.78 Å². The third kappa shape index (κ3) is 4.21. The molecule has 0 amide bonds. The van der Waals surface area contributed by atoms with E-state index in [9.17, 15) is 20.1 Å². The first-order valence-electron chi connectivity index (χ1n) is 10.6. The van der Waals surface area contributed by atoms with Crippen molar-refractivity contribution in [3.05, 3.63) is 76.9 Å². The molecule has 1 heterocycles. The number of hydrogen-bond donors (Lipinski definition) is 3. The first-order valence-corrected chi connectivity index (χ1v) is 10.6. The monoisotopic (exact) mass is 434 g/mol. The molecule has 0 aromatic heterocycles. The second-order valence-electron chi connectivity index (χ2n) is 8.18. The average molecular weight is 434 g/mol. The lowest BCUT2D eigenvalue weighted by Gasteiger charge is -2.33. The Kier molecular flexibility index (Phi) is 5.95. The van der Waals surface area contributed by atoms with Crippen LogP contribution in [0.4, 0.5) is 0 Å². The highest BCUT2D eigenvalue weighted by atomic mass is 16.5. The van der Waals surface area contributed by atoms with Gasteiger partial charge in [0.2, 0.25) is 0 Å². The first-order chi connectivity index (χ1) is 15.4. The zero-order chi connectivity index (χ0) is 22.8. The van der Waals surface area contributed by atoms with Gasteiger partial charge in [-0.2, -0.15) is 0 Å². The lowest BCUT2D eigenvalue weighted by molar-refractivity contribution is 0.0945. The molecule has 0 saturated heterocycles. The number of fused-ring (bicyclic) bond motifs is 1. The van der Waals surface area contributed by atoms with Crippen LogP contribution in [0.5, 0.6) is 28.7 Å². The Morgan fingerprint density at radius 3 is 2.38 bits per heavy atom. The Labute approximate surface area is 186 Å². The normalized spacial score (nSPS) is 17.3. The van der Waals surface area contributed by atoms with Crippen molar-refractivity contribution in [2.24, 2.45) is 5.92 Å². The molecule has 0 bridgehead atoms. The molecule has 3 N–H and O–H groups in total. The van der Waals surface area contributed by atoms with E-state index in [0.717, 1.165) is 16.9 Å². The van der Waals surface area contributed by atoms with E-state index >= 15 is 0 Å². The molecule has 3 aromatic carbocycles. The van der Waals surface area contributed by atoms with E-state index < -0.39 is 0 Å². The zero-order valence-corrected chi connectivity index (χ0v) is 18.0. The molecular formula is C26H26O6. The van der Waals surface area contributed by atoms with E-state index in [1.165, 1.54) is 6.07 Å². The summed E-state index contributed by atoms with van der Waals surface area (Å²) in [5.41, 5.74) is 2.45. The molecule has 0 fully saturated rings. The molecule has 2 atom stereocenters. The maximum Gasteiger partial charge on any atom is 0.170 e. The molecule has 0 spiro atoms. The van der Waals surface area contributed by atoms with Gasteiger partial charge in [0.25, 0.3) is 0 Å². The summed E-state index contributed by atoms with van der Waals surface area (Å²) in [6.45, 7) is 2.00. The maximum absolute atomic E-state index is 13.1. The topological polar surface area (TPSA) is 96.2 Å². The van der Waals surface area contributed by atoms with Gasteiger partial charge < -0.3 is 24.8 Å². The minimum Gasteiger partial charge on any atom is -0.508 e. The van der Waals surface area contributed by atoms with Crippen LogP contribution in [0.2, 0.25) is 0 Å². The Morgan fingerprint density at radius 2 is 1.72 bits per heavy atom. The fourth-order valence-electron chi connectivity index (χ4n) is 4.18. The van der Waals surface area contributed by atoms with Crippen LogP contribution in [0.15, 0.2) is 54.6 Å². The predicted molar refractivity (Wildman–Crippen MR) is 120 cm³/mol. The SMILES string of the molecule is COc1ccc(CCC(=O)c2c(O)cc(O)c3c2O[C@@H](c2ccc(O)cc2)[C@H](C)C3)cc1. The lowest BCUT2D eigenvalue weighted by Crippen LogP contribution is -2.25. The molecule has 0 saturated carbocycles. The number of benzene rings is 3. The molecule has 1 aliphatic rings. The molecule has 0 unspecified atom stereocenters. The number of carbonyl (C=O) groups excluding carboxylic acids is 1. The van der Waals surface area contributed by atoms with E-state index in [4.69, 9.17) is 9.47 Å². The molecule has 4 rings (SSSR count). The number of rotatable bonds is 6. The van der Waals surface area contributed by atoms with E-state index in [1.807, 2.05) is 31.2 Å². The zero-order valence-electron chi connectivity index (χ0n) is 18.0. The van der Waals surface area contributed by atoms with E-state index in [1.54, 1.807) is 31.4 Å². The van der Waals surface area contributed by atoms with Crippen molar-refractivity contribution in [1.82, 2.24) is 0 Å². The highest BCUT2D eigenvalue weighted by molar-refractivity contribution is 6.02. The lowest BCUT2D eigenvalue weighted by atomic mass is 9.86. The van der Waals surface area contributed by atoms with Crippen molar-refractivity contribution >= 4 is 5.78 Å².